The van der Waals surface area contributed by atoms with Crippen LogP contribution in [0, 0.1) is 0 Å². The van der Waals surface area contributed by atoms with Crippen molar-refractivity contribution in [2.75, 3.05) is 0 Å². The Bertz CT molecular complexity index is 1340. The number of hydrogen-bond acceptors (Lipinski definition) is 4. The van der Waals surface area contributed by atoms with Crippen LogP contribution in [-0.4, -0.2) is 39.9 Å². The molecular weight excluding hydrogens is 388 g/mol. The zero-order chi connectivity index (χ0) is 20.6. The van der Waals surface area contributed by atoms with E-state index in [1.165, 1.54) is 0 Å². The van der Waals surface area contributed by atoms with Gasteiger partial charge in [0.15, 0.2) is 0 Å². The SMILES string of the molecule is c1c[nH]c(-c2ccc3nc(CCCc4nc5ccc(-c6ncc[nH]6)cc5[nH]4)[nH]c3c2)n1. The van der Waals surface area contributed by atoms with Crippen molar-refractivity contribution in [1.82, 2.24) is 39.9 Å². The molecule has 0 saturated heterocycles. The zero-order valence-electron chi connectivity index (χ0n) is 16.7. The number of aromatic amines is 4. The number of aromatic nitrogens is 8. The van der Waals surface area contributed by atoms with Crippen molar-refractivity contribution in [3.8, 4) is 22.8 Å². The van der Waals surface area contributed by atoms with Gasteiger partial charge in [-0.15, -0.1) is 0 Å². The summed E-state index contributed by atoms with van der Waals surface area (Å²) >= 11 is 0. The first-order valence-electron chi connectivity index (χ1n) is 10.3. The maximum Gasteiger partial charge on any atom is 0.137 e. The Labute approximate surface area is 177 Å². The molecule has 8 heteroatoms. The maximum absolute atomic E-state index is 4.72. The van der Waals surface area contributed by atoms with Gasteiger partial charge in [-0.05, 0) is 42.8 Å². The summed E-state index contributed by atoms with van der Waals surface area (Å²) in [5.41, 5.74) is 6.09. The molecule has 0 saturated carbocycles. The summed E-state index contributed by atoms with van der Waals surface area (Å²) in [6.07, 6.45) is 9.85. The van der Waals surface area contributed by atoms with Crippen LogP contribution < -0.4 is 0 Å². The fourth-order valence-corrected chi connectivity index (χ4v) is 3.93. The van der Waals surface area contributed by atoms with Gasteiger partial charge in [-0.1, -0.05) is 0 Å². The highest BCUT2D eigenvalue weighted by molar-refractivity contribution is 5.81. The van der Waals surface area contributed by atoms with Gasteiger partial charge < -0.3 is 19.9 Å². The van der Waals surface area contributed by atoms with Crippen LogP contribution in [0.2, 0.25) is 0 Å². The van der Waals surface area contributed by atoms with E-state index < -0.39 is 0 Å². The Morgan fingerprint density at radius 2 is 1.16 bits per heavy atom. The van der Waals surface area contributed by atoms with Gasteiger partial charge in [0.25, 0.3) is 0 Å². The molecule has 0 aliphatic heterocycles. The van der Waals surface area contributed by atoms with Crippen LogP contribution in [0.1, 0.15) is 18.1 Å². The first-order valence-corrected chi connectivity index (χ1v) is 10.3. The van der Waals surface area contributed by atoms with Crippen molar-refractivity contribution >= 4 is 22.1 Å². The highest BCUT2D eigenvalue weighted by atomic mass is 14.9. The molecule has 152 valence electrons. The number of H-pyrrole nitrogens is 4. The molecule has 31 heavy (non-hydrogen) atoms. The molecule has 2 aromatic carbocycles. The van der Waals surface area contributed by atoms with E-state index in [-0.39, 0.29) is 0 Å². The summed E-state index contributed by atoms with van der Waals surface area (Å²) in [5.74, 6) is 3.70. The van der Waals surface area contributed by atoms with Gasteiger partial charge >= 0.3 is 0 Å². The molecule has 0 bridgehead atoms. The molecule has 0 spiro atoms. The van der Waals surface area contributed by atoms with E-state index in [4.69, 9.17) is 9.97 Å². The van der Waals surface area contributed by atoms with Crippen LogP contribution >= 0.6 is 0 Å². The van der Waals surface area contributed by atoms with Crippen molar-refractivity contribution in [2.45, 2.75) is 19.3 Å². The van der Waals surface area contributed by atoms with Crippen LogP contribution in [-0.2, 0) is 12.8 Å². The third-order valence-corrected chi connectivity index (χ3v) is 5.43. The van der Waals surface area contributed by atoms with Crippen molar-refractivity contribution in [3.05, 3.63) is 72.8 Å². The fourth-order valence-electron chi connectivity index (χ4n) is 3.93. The zero-order valence-corrected chi connectivity index (χ0v) is 16.7. The quantitative estimate of drug-likeness (QED) is 0.327. The topological polar surface area (TPSA) is 115 Å². The average molecular weight is 408 g/mol. The van der Waals surface area contributed by atoms with E-state index in [9.17, 15) is 0 Å². The van der Waals surface area contributed by atoms with Crippen molar-refractivity contribution in [3.63, 3.8) is 0 Å². The van der Waals surface area contributed by atoms with E-state index in [1.807, 2.05) is 36.7 Å². The second-order valence-electron chi connectivity index (χ2n) is 7.56. The molecule has 0 unspecified atom stereocenters. The summed E-state index contributed by atoms with van der Waals surface area (Å²) in [6.45, 7) is 0. The number of benzene rings is 2. The summed E-state index contributed by atoms with van der Waals surface area (Å²) in [7, 11) is 0. The first-order chi connectivity index (χ1) is 15.3. The lowest BCUT2D eigenvalue weighted by molar-refractivity contribution is 0.759. The van der Waals surface area contributed by atoms with Crippen LogP contribution in [0.4, 0.5) is 0 Å². The van der Waals surface area contributed by atoms with Crippen LogP contribution in [0.25, 0.3) is 44.8 Å². The second-order valence-corrected chi connectivity index (χ2v) is 7.56. The number of fused-ring (bicyclic) bond motifs is 2. The maximum atomic E-state index is 4.72. The van der Waals surface area contributed by atoms with Gasteiger partial charge in [-0.25, -0.2) is 19.9 Å². The Hall–Kier alpha value is -4.20. The van der Waals surface area contributed by atoms with Crippen molar-refractivity contribution in [2.24, 2.45) is 0 Å². The predicted octanol–water partition coefficient (Wildman–Crippen LogP) is 4.39. The molecule has 4 N–H and O–H groups in total. The summed E-state index contributed by atoms with van der Waals surface area (Å²) < 4.78 is 0. The second kappa shape index (κ2) is 7.24. The highest BCUT2D eigenvalue weighted by Crippen LogP contribution is 2.22. The normalized spacial score (nSPS) is 11.6. The van der Waals surface area contributed by atoms with Crippen molar-refractivity contribution in [1.29, 1.82) is 0 Å². The van der Waals surface area contributed by atoms with E-state index >= 15 is 0 Å². The van der Waals surface area contributed by atoms with E-state index in [0.717, 1.165) is 75.8 Å². The first kappa shape index (κ1) is 17.6. The van der Waals surface area contributed by atoms with Crippen LogP contribution in [0.5, 0.6) is 0 Å². The van der Waals surface area contributed by atoms with E-state index in [2.05, 4.69) is 42.0 Å². The predicted molar refractivity (Wildman–Crippen MR) is 119 cm³/mol. The third kappa shape index (κ3) is 3.38. The third-order valence-electron chi connectivity index (χ3n) is 5.43. The van der Waals surface area contributed by atoms with E-state index in [1.54, 1.807) is 12.4 Å². The minimum absolute atomic E-state index is 0.859. The van der Waals surface area contributed by atoms with Gasteiger partial charge in [0.2, 0.25) is 0 Å². The molecule has 6 rings (SSSR count). The lowest BCUT2D eigenvalue weighted by atomic mass is 10.2. The minimum Gasteiger partial charge on any atom is -0.345 e. The molecule has 0 fully saturated rings. The number of nitrogens with one attached hydrogen (secondary N) is 4. The lowest BCUT2D eigenvalue weighted by Gasteiger charge is -1.96. The Morgan fingerprint density at radius 1 is 0.645 bits per heavy atom. The van der Waals surface area contributed by atoms with Crippen LogP contribution in [0.15, 0.2) is 61.2 Å². The molecule has 0 aliphatic rings. The number of rotatable bonds is 6. The smallest absolute Gasteiger partial charge is 0.137 e. The molecule has 6 aromatic rings. The lowest BCUT2D eigenvalue weighted by Crippen LogP contribution is -1.93. The molecule has 8 nitrogen and oxygen atoms in total. The van der Waals surface area contributed by atoms with Gasteiger partial charge in [0, 0.05) is 48.8 Å². The Kier molecular flexibility index (Phi) is 4.12. The van der Waals surface area contributed by atoms with Crippen LogP contribution in [0.3, 0.4) is 0 Å². The summed E-state index contributed by atoms with van der Waals surface area (Å²) in [5, 5.41) is 0. The molecule has 4 heterocycles. The Balaban J connectivity index is 1.15. The van der Waals surface area contributed by atoms with Gasteiger partial charge in [0.05, 0.1) is 22.1 Å². The molecular formula is C23H20N8. The molecule has 0 amide bonds. The largest absolute Gasteiger partial charge is 0.345 e. The summed E-state index contributed by atoms with van der Waals surface area (Å²) in [6, 6.07) is 12.3. The van der Waals surface area contributed by atoms with Gasteiger partial charge in [0.1, 0.15) is 23.3 Å². The molecule has 0 atom stereocenters. The average Bonchev–Trinajstić information content (AvgIpc) is 3.59. The highest BCUT2D eigenvalue weighted by Gasteiger charge is 2.09. The minimum atomic E-state index is 0.859. The number of nitrogens with zero attached hydrogens (tertiary/aromatic N) is 4. The number of aryl methyl sites for hydroxylation is 2. The van der Waals surface area contributed by atoms with E-state index in [0.29, 0.717) is 0 Å². The fraction of sp³-hybridized carbons (Fsp3) is 0.130. The summed E-state index contributed by atoms with van der Waals surface area (Å²) in [4.78, 5) is 31.2. The Morgan fingerprint density at radius 3 is 1.61 bits per heavy atom. The number of hydrogen-bond donors (Lipinski definition) is 4. The standard InChI is InChI=1S/C23H20N8/c1(2-20-28-16-6-4-14(12-18(16)30-20)22-24-8-9-25-22)3-21-29-17-7-5-15(13-19(17)31-21)23-26-10-11-27-23/h4-13H,1-3H2,(H,24,25)(H,26,27)(H,28,30)(H,29,31). The molecule has 0 radical (unpaired) electrons. The molecule has 0 aliphatic carbocycles. The van der Waals surface area contributed by atoms with Gasteiger partial charge in [-0.2, -0.15) is 0 Å². The monoisotopic (exact) mass is 408 g/mol. The van der Waals surface area contributed by atoms with Crippen molar-refractivity contribution < 1.29 is 0 Å². The number of imidazole rings is 4. The van der Waals surface area contributed by atoms with Gasteiger partial charge in [-0.3, -0.25) is 0 Å². The molecule has 4 aromatic heterocycles.